The van der Waals surface area contributed by atoms with Gasteiger partial charge in [-0.25, -0.2) is 0 Å². The first-order chi connectivity index (χ1) is 4.93. The van der Waals surface area contributed by atoms with E-state index in [1.54, 1.807) is 0 Å². The second kappa shape index (κ2) is 4.32. The molecule has 0 heteroatoms. The first kappa shape index (κ1) is 7.59. The smallest absolute Gasteiger partial charge is 0.0322 e. The number of allylic oxidation sites excluding steroid dienone is 3. The van der Waals surface area contributed by atoms with E-state index in [4.69, 9.17) is 0 Å². The average molecular weight is 136 g/mol. The third-order valence-corrected chi connectivity index (χ3v) is 2.16. The van der Waals surface area contributed by atoms with Crippen LogP contribution in [0.4, 0.5) is 0 Å². The molecule has 0 radical (unpaired) electrons. The first-order valence-corrected chi connectivity index (χ1v) is 4.19. The Morgan fingerprint density at radius 2 is 2.40 bits per heavy atom. The summed E-state index contributed by atoms with van der Waals surface area (Å²) >= 11 is 0. The quantitative estimate of drug-likeness (QED) is 0.522. The minimum absolute atomic E-state index is 0.947. The Balaban J connectivity index is 2.15. The lowest BCUT2D eigenvalue weighted by atomic mass is 9.90. The summed E-state index contributed by atoms with van der Waals surface area (Å²) < 4.78 is 0. The van der Waals surface area contributed by atoms with Gasteiger partial charge in [0.1, 0.15) is 0 Å². The van der Waals surface area contributed by atoms with Crippen LogP contribution in [0.3, 0.4) is 0 Å². The molecule has 0 amide bonds. The van der Waals surface area contributed by atoms with Gasteiger partial charge in [0.15, 0.2) is 0 Å². The van der Waals surface area contributed by atoms with Gasteiger partial charge in [-0.05, 0) is 38.0 Å². The first-order valence-electron chi connectivity index (χ1n) is 4.19. The molecule has 1 aliphatic carbocycles. The molecule has 56 valence electrons. The van der Waals surface area contributed by atoms with Crippen LogP contribution in [-0.4, -0.2) is 0 Å². The lowest BCUT2D eigenvalue weighted by Crippen LogP contribution is -2.01. The van der Waals surface area contributed by atoms with Crippen molar-refractivity contribution < 1.29 is 0 Å². The van der Waals surface area contributed by atoms with Gasteiger partial charge in [0.25, 0.3) is 0 Å². The zero-order valence-corrected chi connectivity index (χ0v) is 6.55. The molecule has 0 aromatic rings. The van der Waals surface area contributed by atoms with Crippen molar-refractivity contribution in [2.75, 3.05) is 0 Å². The van der Waals surface area contributed by atoms with Crippen molar-refractivity contribution in [1.82, 2.24) is 0 Å². The number of hydrogen-bond acceptors (Lipinski definition) is 0. The van der Waals surface area contributed by atoms with E-state index in [1.807, 2.05) is 6.08 Å². The summed E-state index contributed by atoms with van der Waals surface area (Å²) in [5.74, 6) is 0.947. The van der Waals surface area contributed by atoms with E-state index >= 15 is 0 Å². The summed E-state index contributed by atoms with van der Waals surface area (Å²) in [5.41, 5.74) is 0. The highest BCUT2D eigenvalue weighted by molar-refractivity contribution is 4.90. The Bertz CT molecular complexity index is 122. The van der Waals surface area contributed by atoms with Crippen molar-refractivity contribution in [2.24, 2.45) is 5.92 Å². The van der Waals surface area contributed by atoms with E-state index in [0.717, 1.165) is 5.92 Å². The van der Waals surface area contributed by atoms with Gasteiger partial charge in [-0.1, -0.05) is 18.2 Å². The minimum Gasteiger partial charge on any atom is -0.103 e. The van der Waals surface area contributed by atoms with Gasteiger partial charge in [-0.15, -0.1) is 6.58 Å². The van der Waals surface area contributed by atoms with Crippen LogP contribution in [0, 0.1) is 5.92 Å². The van der Waals surface area contributed by atoms with Crippen molar-refractivity contribution in [3.8, 4) is 0 Å². The van der Waals surface area contributed by atoms with Crippen molar-refractivity contribution in [3.63, 3.8) is 0 Å². The van der Waals surface area contributed by atoms with Gasteiger partial charge in [0.05, 0.1) is 0 Å². The van der Waals surface area contributed by atoms with Gasteiger partial charge in [-0.3, -0.25) is 0 Å². The zero-order chi connectivity index (χ0) is 7.23. The Labute approximate surface area is 63.6 Å². The van der Waals surface area contributed by atoms with Crippen LogP contribution in [0.15, 0.2) is 24.8 Å². The summed E-state index contributed by atoms with van der Waals surface area (Å²) in [6.45, 7) is 3.73. The van der Waals surface area contributed by atoms with Gasteiger partial charge in [0, 0.05) is 0 Å². The maximum atomic E-state index is 3.73. The third-order valence-electron chi connectivity index (χ3n) is 2.16. The lowest BCUT2D eigenvalue weighted by Gasteiger charge is -2.15. The van der Waals surface area contributed by atoms with Crippen LogP contribution in [0.2, 0.25) is 0 Å². The summed E-state index contributed by atoms with van der Waals surface area (Å²) in [6, 6.07) is 0. The van der Waals surface area contributed by atoms with Crippen molar-refractivity contribution in [2.45, 2.75) is 32.1 Å². The molecule has 0 aliphatic heterocycles. The number of hydrogen-bond donors (Lipinski definition) is 0. The molecule has 0 heterocycles. The van der Waals surface area contributed by atoms with Crippen molar-refractivity contribution >= 4 is 0 Å². The molecule has 0 aromatic carbocycles. The van der Waals surface area contributed by atoms with E-state index in [2.05, 4.69) is 18.7 Å². The van der Waals surface area contributed by atoms with Crippen LogP contribution in [0.25, 0.3) is 0 Å². The lowest BCUT2D eigenvalue weighted by molar-refractivity contribution is 0.449. The summed E-state index contributed by atoms with van der Waals surface area (Å²) in [6.07, 6.45) is 13.2. The standard InChI is InChI=1S/C10H16/c1-2-3-7-10-8-5-4-6-9-10/h2,4-5,10H,1,3,6-9H2/t10-/m1/s1. The predicted molar refractivity (Wildman–Crippen MR) is 45.9 cm³/mol. The molecule has 1 rings (SSSR count). The van der Waals surface area contributed by atoms with Gasteiger partial charge in [0.2, 0.25) is 0 Å². The van der Waals surface area contributed by atoms with Crippen LogP contribution in [-0.2, 0) is 0 Å². The van der Waals surface area contributed by atoms with Crippen molar-refractivity contribution in [1.29, 1.82) is 0 Å². The van der Waals surface area contributed by atoms with Crippen LogP contribution >= 0.6 is 0 Å². The highest BCUT2D eigenvalue weighted by atomic mass is 14.1. The Kier molecular flexibility index (Phi) is 3.28. The van der Waals surface area contributed by atoms with Crippen LogP contribution < -0.4 is 0 Å². The van der Waals surface area contributed by atoms with E-state index in [1.165, 1.54) is 32.1 Å². The van der Waals surface area contributed by atoms with Gasteiger partial charge in [-0.2, -0.15) is 0 Å². The molecule has 0 unspecified atom stereocenters. The summed E-state index contributed by atoms with van der Waals surface area (Å²) in [5, 5.41) is 0. The fraction of sp³-hybridized carbons (Fsp3) is 0.600. The minimum atomic E-state index is 0.947. The summed E-state index contributed by atoms with van der Waals surface area (Å²) in [4.78, 5) is 0. The molecule has 0 N–H and O–H groups in total. The van der Waals surface area contributed by atoms with E-state index < -0.39 is 0 Å². The van der Waals surface area contributed by atoms with Gasteiger partial charge >= 0.3 is 0 Å². The van der Waals surface area contributed by atoms with Crippen LogP contribution in [0.5, 0.6) is 0 Å². The maximum Gasteiger partial charge on any atom is -0.0322 e. The fourth-order valence-electron chi connectivity index (χ4n) is 1.47. The molecule has 0 nitrogen and oxygen atoms in total. The van der Waals surface area contributed by atoms with E-state index in [-0.39, 0.29) is 0 Å². The summed E-state index contributed by atoms with van der Waals surface area (Å²) in [7, 11) is 0. The molecule has 0 aromatic heterocycles. The second-order valence-electron chi connectivity index (χ2n) is 3.02. The SMILES string of the molecule is C=CCC[C@@H]1CC=CCC1. The zero-order valence-electron chi connectivity index (χ0n) is 6.55. The Morgan fingerprint density at radius 1 is 1.50 bits per heavy atom. The fourth-order valence-corrected chi connectivity index (χ4v) is 1.47. The van der Waals surface area contributed by atoms with E-state index in [9.17, 15) is 0 Å². The highest BCUT2D eigenvalue weighted by Crippen LogP contribution is 2.22. The van der Waals surface area contributed by atoms with Crippen LogP contribution in [0.1, 0.15) is 32.1 Å². The number of rotatable bonds is 3. The Hall–Kier alpha value is -0.520. The molecule has 1 aliphatic rings. The molecule has 0 saturated carbocycles. The Morgan fingerprint density at radius 3 is 3.00 bits per heavy atom. The third kappa shape index (κ3) is 2.38. The second-order valence-corrected chi connectivity index (χ2v) is 3.02. The topological polar surface area (TPSA) is 0 Å². The average Bonchev–Trinajstić information content (AvgIpc) is 2.03. The highest BCUT2D eigenvalue weighted by Gasteiger charge is 2.07. The molecular weight excluding hydrogens is 120 g/mol. The van der Waals surface area contributed by atoms with Crippen molar-refractivity contribution in [3.05, 3.63) is 24.8 Å². The maximum absolute atomic E-state index is 3.73. The molecular formula is C10H16. The molecule has 0 spiro atoms. The molecule has 0 bridgehead atoms. The van der Waals surface area contributed by atoms with Gasteiger partial charge < -0.3 is 0 Å². The largest absolute Gasteiger partial charge is 0.103 e. The molecule has 0 saturated heterocycles. The monoisotopic (exact) mass is 136 g/mol. The predicted octanol–water partition coefficient (Wildman–Crippen LogP) is 3.31. The molecule has 0 fully saturated rings. The van der Waals surface area contributed by atoms with E-state index in [0.29, 0.717) is 0 Å². The molecule has 1 atom stereocenters. The molecule has 10 heavy (non-hydrogen) atoms. The normalized spacial score (nSPS) is 24.6.